The summed E-state index contributed by atoms with van der Waals surface area (Å²) in [4.78, 5) is 0. The second kappa shape index (κ2) is 7.60. The van der Waals surface area contributed by atoms with E-state index < -0.39 is 0 Å². The first-order chi connectivity index (χ1) is 6.50. The SMILES string of the molecule is [C]1=C/CCCC/C=C\C=C\C/C=C/1. The third-order valence-corrected chi connectivity index (χ3v) is 1.96. The van der Waals surface area contributed by atoms with Crippen LogP contribution in [0.15, 0.2) is 42.5 Å². The van der Waals surface area contributed by atoms with Gasteiger partial charge in [-0.2, -0.15) is 0 Å². The van der Waals surface area contributed by atoms with E-state index in [9.17, 15) is 0 Å². The minimum absolute atomic E-state index is 1.01. The summed E-state index contributed by atoms with van der Waals surface area (Å²) in [7, 11) is 0. The minimum Gasteiger partial charge on any atom is -0.0845 e. The monoisotopic (exact) mass is 173 g/mol. The van der Waals surface area contributed by atoms with E-state index >= 15 is 0 Å². The minimum atomic E-state index is 1.01. The third kappa shape index (κ3) is 6.15. The maximum atomic E-state index is 3.16. The zero-order valence-electron chi connectivity index (χ0n) is 8.08. The molecule has 1 aliphatic rings. The molecule has 0 aromatic heterocycles. The van der Waals surface area contributed by atoms with Crippen LogP contribution in [0.5, 0.6) is 0 Å². The predicted octanol–water partition coefficient (Wildman–Crippen LogP) is 3.98. The van der Waals surface area contributed by atoms with Crippen molar-refractivity contribution in [2.24, 2.45) is 0 Å². The Kier molecular flexibility index (Phi) is 5.87. The average Bonchev–Trinajstić information content (AvgIpc) is 2.18. The molecule has 1 aliphatic carbocycles. The van der Waals surface area contributed by atoms with E-state index in [2.05, 4.69) is 42.5 Å². The fourth-order valence-corrected chi connectivity index (χ4v) is 1.21. The van der Waals surface area contributed by atoms with Crippen LogP contribution in [0.1, 0.15) is 32.1 Å². The second-order valence-electron chi connectivity index (χ2n) is 3.15. The maximum absolute atomic E-state index is 3.16. The summed E-state index contributed by atoms with van der Waals surface area (Å²) in [6, 6.07) is 0. The van der Waals surface area contributed by atoms with Gasteiger partial charge in [0.05, 0.1) is 0 Å². The Bertz CT molecular complexity index is 192. The Morgan fingerprint density at radius 3 is 2.69 bits per heavy atom. The Labute approximate surface area is 81.4 Å². The number of hydrogen-bond donors (Lipinski definition) is 0. The van der Waals surface area contributed by atoms with Crippen molar-refractivity contribution in [2.75, 3.05) is 0 Å². The molecule has 0 fully saturated rings. The average molecular weight is 173 g/mol. The molecule has 0 aromatic rings. The van der Waals surface area contributed by atoms with Crippen LogP contribution in [-0.4, -0.2) is 0 Å². The van der Waals surface area contributed by atoms with Crippen molar-refractivity contribution in [1.82, 2.24) is 0 Å². The molecular weight excluding hydrogens is 156 g/mol. The van der Waals surface area contributed by atoms with Crippen LogP contribution < -0.4 is 0 Å². The van der Waals surface area contributed by atoms with Gasteiger partial charge < -0.3 is 0 Å². The molecule has 0 aromatic carbocycles. The lowest BCUT2D eigenvalue weighted by molar-refractivity contribution is 0.761. The second-order valence-corrected chi connectivity index (χ2v) is 3.15. The molecule has 0 N–H and O–H groups in total. The summed E-state index contributed by atoms with van der Waals surface area (Å²) in [5.41, 5.74) is 0. The van der Waals surface area contributed by atoms with Crippen molar-refractivity contribution in [2.45, 2.75) is 32.1 Å². The summed E-state index contributed by atoms with van der Waals surface area (Å²) < 4.78 is 0. The fraction of sp³-hybridized carbons (Fsp3) is 0.385. The first kappa shape index (κ1) is 10.0. The molecule has 1 radical (unpaired) electrons. The van der Waals surface area contributed by atoms with E-state index in [4.69, 9.17) is 0 Å². The van der Waals surface area contributed by atoms with E-state index in [0.29, 0.717) is 0 Å². The number of rotatable bonds is 0. The summed E-state index contributed by atoms with van der Waals surface area (Å²) in [6.07, 6.45) is 24.0. The quantitative estimate of drug-likeness (QED) is 0.520. The summed E-state index contributed by atoms with van der Waals surface area (Å²) >= 11 is 0. The molecular formula is C13H17. The Hall–Kier alpha value is -1.04. The molecule has 0 nitrogen and oxygen atoms in total. The molecule has 0 saturated heterocycles. The first-order valence-corrected chi connectivity index (χ1v) is 5.04. The highest BCUT2D eigenvalue weighted by atomic mass is 13.9. The van der Waals surface area contributed by atoms with Gasteiger partial charge in [-0.25, -0.2) is 0 Å². The standard InChI is InChI=1S/C13H17/c1-2-4-6-8-10-12-13-11-9-7-5-3-1/h1-4,7,9,13H,5-6,8,10,12H2/b3-1+,4-2-,9-7+,13-11?. The normalized spacial score (nSPS) is 28.9. The van der Waals surface area contributed by atoms with Crippen molar-refractivity contribution in [3.8, 4) is 0 Å². The maximum Gasteiger partial charge on any atom is -0.0163 e. The largest absolute Gasteiger partial charge is 0.0845 e. The summed E-state index contributed by atoms with van der Waals surface area (Å²) in [5.74, 6) is 0. The van der Waals surface area contributed by atoms with Gasteiger partial charge in [-0.15, -0.1) is 0 Å². The lowest BCUT2D eigenvalue weighted by Crippen LogP contribution is -1.71. The topological polar surface area (TPSA) is 0 Å². The first-order valence-electron chi connectivity index (χ1n) is 5.04. The number of allylic oxidation sites excluding steroid dienone is 8. The summed E-state index contributed by atoms with van der Waals surface area (Å²) in [6.45, 7) is 0. The van der Waals surface area contributed by atoms with Crippen LogP contribution in [0.4, 0.5) is 0 Å². The van der Waals surface area contributed by atoms with Crippen molar-refractivity contribution in [3.05, 3.63) is 48.6 Å². The highest BCUT2D eigenvalue weighted by Crippen LogP contribution is 2.02. The van der Waals surface area contributed by atoms with Crippen molar-refractivity contribution in [3.63, 3.8) is 0 Å². The van der Waals surface area contributed by atoms with Gasteiger partial charge in [0.15, 0.2) is 0 Å². The van der Waals surface area contributed by atoms with Crippen LogP contribution in [0.25, 0.3) is 0 Å². The van der Waals surface area contributed by atoms with Crippen LogP contribution in [0, 0.1) is 6.08 Å². The van der Waals surface area contributed by atoms with Gasteiger partial charge >= 0.3 is 0 Å². The van der Waals surface area contributed by atoms with E-state index in [1.54, 1.807) is 0 Å². The fourth-order valence-electron chi connectivity index (χ4n) is 1.21. The summed E-state index contributed by atoms with van der Waals surface area (Å²) in [5, 5.41) is 0. The van der Waals surface area contributed by atoms with Crippen molar-refractivity contribution >= 4 is 0 Å². The molecule has 0 spiro atoms. The smallest absolute Gasteiger partial charge is 0.0163 e. The molecule has 0 saturated carbocycles. The van der Waals surface area contributed by atoms with Crippen LogP contribution in [0.2, 0.25) is 0 Å². The zero-order chi connectivity index (χ0) is 9.19. The molecule has 0 heteroatoms. The molecule has 0 bridgehead atoms. The van der Waals surface area contributed by atoms with Crippen molar-refractivity contribution in [1.29, 1.82) is 0 Å². The Morgan fingerprint density at radius 1 is 0.846 bits per heavy atom. The van der Waals surface area contributed by atoms with Gasteiger partial charge in [-0.1, -0.05) is 42.5 Å². The third-order valence-electron chi connectivity index (χ3n) is 1.96. The molecule has 0 atom stereocenters. The van der Waals surface area contributed by atoms with Crippen LogP contribution in [0.3, 0.4) is 0 Å². The predicted molar refractivity (Wildman–Crippen MR) is 58.3 cm³/mol. The van der Waals surface area contributed by atoms with Crippen molar-refractivity contribution < 1.29 is 0 Å². The highest BCUT2D eigenvalue weighted by molar-refractivity contribution is 5.06. The van der Waals surface area contributed by atoms with E-state index in [1.807, 2.05) is 6.08 Å². The molecule has 0 amide bonds. The molecule has 0 aliphatic heterocycles. The van der Waals surface area contributed by atoms with Gasteiger partial charge in [0.2, 0.25) is 0 Å². The Morgan fingerprint density at radius 2 is 1.69 bits per heavy atom. The Balaban J connectivity index is 2.38. The van der Waals surface area contributed by atoms with Crippen LogP contribution >= 0.6 is 0 Å². The van der Waals surface area contributed by atoms with Crippen LogP contribution in [-0.2, 0) is 0 Å². The highest BCUT2D eigenvalue weighted by Gasteiger charge is 1.83. The van der Waals surface area contributed by atoms with Gasteiger partial charge in [-0.05, 0) is 38.2 Å². The van der Waals surface area contributed by atoms with E-state index in [-0.39, 0.29) is 0 Å². The molecule has 69 valence electrons. The molecule has 13 heavy (non-hydrogen) atoms. The van der Waals surface area contributed by atoms with Gasteiger partial charge in [0, 0.05) is 0 Å². The van der Waals surface area contributed by atoms with E-state index in [1.165, 1.54) is 19.3 Å². The number of hydrogen-bond acceptors (Lipinski definition) is 0. The molecule has 0 heterocycles. The lowest BCUT2D eigenvalue weighted by Gasteiger charge is -1.91. The van der Waals surface area contributed by atoms with Gasteiger partial charge in [-0.3, -0.25) is 0 Å². The lowest BCUT2D eigenvalue weighted by atomic mass is 10.2. The molecule has 0 unspecified atom stereocenters. The van der Waals surface area contributed by atoms with Gasteiger partial charge in [0.25, 0.3) is 0 Å². The van der Waals surface area contributed by atoms with E-state index in [0.717, 1.165) is 12.8 Å². The van der Waals surface area contributed by atoms with Gasteiger partial charge in [0.1, 0.15) is 0 Å². The zero-order valence-corrected chi connectivity index (χ0v) is 8.08. The molecule has 1 rings (SSSR count).